The predicted octanol–water partition coefficient (Wildman–Crippen LogP) is 2.33. The molecule has 3 aromatic rings. The van der Waals surface area contributed by atoms with Crippen LogP contribution in [0.25, 0.3) is 10.9 Å². The summed E-state index contributed by atoms with van der Waals surface area (Å²) in [5.74, 6) is 0.280. The van der Waals surface area contributed by atoms with Crippen LogP contribution in [0.1, 0.15) is 6.92 Å². The number of nitrogens with one attached hydrogen (secondary N) is 2. The molecule has 0 unspecified atom stereocenters. The van der Waals surface area contributed by atoms with Crippen molar-refractivity contribution >= 4 is 39.9 Å². The van der Waals surface area contributed by atoms with E-state index in [0.29, 0.717) is 17.4 Å². The number of carbonyl (C=O) groups is 1. The van der Waals surface area contributed by atoms with E-state index in [1.54, 1.807) is 10.6 Å². The number of benzene rings is 1. The van der Waals surface area contributed by atoms with E-state index in [4.69, 9.17) is 16.3 Å². The minimum absolute atomic E-state index is 0.116. The number of likely N-dealkylation sites (N-methyl/N-ethyl adjacent to an activating group) is 1. The van der Waals surface area contributed by atoms with Crippen LogP contribution in [0.4, 0.5) is 11.5 Å². The molecule has 0 fully saturated rings. The van der Waals surface area contributed by atoms with Crippen molar-refractivity contribution in [2.45, 2.75) is 13.5 Å². The van der Waals surface area contributed by atoms with E-state index in [1.807, 2.05) is 25.1 Å². The fourth-order valence-electron chi connectivity index (χ4n) is 2.61. The number of hydrogen-bond donors (Lipinski definition) is 2. The van der Waals surface area contributed by atoms with E-state index in [9.17, 15) is 9.59 Å². The van der Waals surface area contributed by atoms with Gasteiger partial charge in [0.1, 0.15) is 11.3 Å². The molecule has 8 nitrogen and oxygen atoms in total. The van der Waals surface area contributed by atoms with Gasteiger partial charge in [-0.05, 0) is 31.2 Å². The summed E-state index contributed by atoms with van der Waals surface area (Å²) in [6.07, 6.45) is 2.89. The average molecular weight is 388 g/mol. The summed E-state index contributed by atoms with van der Waals surface area (Å²) in [4.78, 5) is 32.0. The van der Waals surface area contributed by atoms with Gasteiger partial charge in [-0.1, -0.05) is 11.6 Å². The zero-order valence-electron chi connectivity index (χ0n) is 14.8. The number of rotatable bonds is 6. The fourth-order valence-corrected chi connectivity index (χ4v) is 2.77. The Labute approximate surface area is 160 Å². The lowest BCUT2D eigenvalue weighted by Crippen LogP contribution is -2.28. The van der Waals surface area contributed by atoms with E-state index in [1.165, 1.54) is 19.6 Å². The summed E-state index contributed by atoms with van der Waals surface area (Å²) in [5.41, 5.74) is 1.21. The maximum atomic E-state index is 12.6. The van der Waals surface area contributed by atoms with Gasteiger partial charge in [-0.25, -0.2) is 9.97 Å². The number of nitrogens with zero attached hydrogens (tertiary/aromatic N) is 3. The summed E-state index contributed by atoms with van der Waals surface area (Å²) in [5, 5.41) is 6.75. The molecule has 9 heteroatoms. The first-order valence-electron chi connectivity index (χ1n) is 8.27. The Morgan fingerprint density at radius 2 is 2.15 bits per heavy atom. The van der Waals surface area contributed by atoms with Crippen LogP contribution >= 0.6 is 11.6 Å². The molecule has 0 bridgehead atoms. The summed E-state index contributed by atoms with van der Waals surface area (Å²) < 4.78 is 7.00. The van der Waals surface area contributed by atoms with Gasteiger partial charge in [-0.2, -0.15) is 0 Å². The van der Waals surface area contributed by atoms with Crippen LogP contribution in [0.2, 0.25) is 5.02 Å². The minimum atomic E-state index is -0.314. The molecule has 0 spiro atoms. The van der Waals surface area contributed by atoms with E-state index in [0.717, 1.165) is 16.6 Å². The number of ether oxygens (including phenoxy) is 1. The number of anilines is 2. The number of halogens is 1. The lowest BCUT2D eigenvalue weighted by molar-refractivity contribution is -0.122. The largest absolute Gasteiger partial charge is 0.478 e. The minimum Gasteiger partial charge on any atom is -0.478 e. The Hall–Kier alpha value is -3.13. The van der Waals surface area contributed by atoms with Crippen molar-refractivity contribution < 1.29 is 9.53 Å². The first-order valence-corrected chi connectivity index (χ1v) is 8.64. The maximum absolute atomic E-state index is 12.6. The van der Waals surface area contributed by atoms with Gasteiger partial charge in [0.05, 0.1) is 11.7 Å². The van der Waals surface area contributed by atoms with Crippen molar-refractivity contribution in [2.75, 3.05) is 19.0 Å². The number of aromatic nitrogens is 3. The number of aryl methyl sites for hydroxylation is 1. The molecule has 0 atom stereocenters. The van der Waals surface area contributed by atoms with Gasteiger partial charge in [0.25, 0.3) is 11.5 Å². The highest BCUT2D eigenvalue weighted by Gasteiger charge is 2.12. The molecular weight excluding hydrogens is 370 g/mol. The van der Waals surface area contributed by atoms with Crippen molar-refractivity contribution in [1.29, 1.82) is 0 Å². The lowest BCUT2D eigenvalue weighted by Gasteiger charge is -2.13. The average Bonchev–Trinajstić information content (AvgIpc) is 2.68. The van der Waals surface area contributed by atoms with Gasteiger partial charge in [0.15, 0.2) is 18.2 Å². The van der Waals surface area contributed by atoms with Crippen molar-refractivity contribution in [3.05, 3.63) is 52.2 Å². The number of fused-ring (bicyclic) bond motifs is 1. The van der Waals surface area contributed by atoms with Crippen molar-refractivity contribution in [3.8, 4) is 5.75 Å². The first kappa shape index (κ1) is 18.7. The molecule has 0 radical (unpaired) electrons. The van der Waals surface area contributed by atoms with E-state index in [2.05, 4.69) is 20.6 Å². The fraction of sp³-hybridized carbons (Fsp3) is 0.222. The molecule has 0 aliphatic carbocycles. The van der Waals surface area contributed by atoms with Crippen LogP contribution in [0, 0.1) is 0 Å². The Kier molecular flexibility index (Phi) is 5.56. The number of amides is 1. The molecule has 0 saturated heterocycles. The maximum Gasteiger partial charge on any atom is 0.293 e. The second-order valence-corrected chi connectivity index (χ2v) is 6.04. The molecule has 2 N–H and O–H groups in total. The highest BCUT2D eigenvalue weighted by Crippen LogP contribution is 2.26. The summed E-state index contributed by atoms with van der Waals surface area (Å²) in [6, 6.07) is 7.14. The van der Waals surface area contributed by atoms with E-state index in [-0.39, 0.29) is 23.8 Å². The monoisotopic (exact) mass is 387 g/mol. The third kappa shape index (κ3) is 4.01. The molecule has 3 rings (SSSR count). The molecule has 1 amide bonds. The Bertz CT molecular complexity index is 1050. The van der Waals surface area contributed by atoms with E-state index < -0.39 is 0 Å². The van der Waals surface area contributed by atoms with Gasteiger partial charge in [-0.3, -0.25) is 9.59 Å². The quantitative estimate of drug-likeness (QED) is 0.673. The van der Waals surface area contributed by atoms with Gasteiger partial charge in [-0.15, -0.1) is 0 Å². The summed E-state index contributed by atoms with van der Waals surface area (Å²) in [7, 11) is 1.51. The normalized spacial score (nSPS) is 10.6. The van der Waals surface area contributed by atoms with Crippen molar-refractivity contribution in [1.82, 2.24) is 19.9 Å². The van der Waals surface area contributed by atoms with Crippen molar-refractivity contribution in [3.63, 3.8) is 0 Å². The predicted molar refractivity (Wildman–Crippen MR) is 104 cm³/mol. The van der Waals surface area contributed by atoms with Crippen LogP contribution in [0.5, 0.6) is 5.75 Å². The van der Waals surface area contributed by atoms with Gasteiger partial charge in [0, 0.05) is 24.7 Å². The molecule has 0 aliphatic rings. The third-order valence-electron chi connectivity index (χ3n) is 3.95. The molecule has 140 valence electrons. The van der Waals surface area contributed by atoms with Crippen LogP contribution in [-0.2, 0) is 11.3 Å². The highest BCUT2D eigenvalue weighted by molar-refractivity contribution is 6.32. The molecule has 27 heavy (non-hydrogen) atoms. The number of pyridine rings is 1. The Morgan fingerprint density at radius 3 is 2.85 bits per heavy atom. The van der Waals surface area contributed by atoms with Gasteiger partial charge < -0.3 is 19.9 Å². The van der Waals surface area contributed by atoms with Gasteiger partial charge >= 0.3 is 0 Å². The van der Waals surface area contributed by atoms with Crippen LogP contribution in [-0.4, -0.2) is 34.1 Å². The topological polar surface area (TPSA) is 98.1 Å². The number of hydrogen-bond acceptors (Lipinski definition) is 6. The van der Waals surface area contributed by atoms with Crippen LogP contribution in [0.15, 0.2) is 41.6 Å². The molecule has 2 heterocycles. The molecular formula is C18H18ClN5O3. The molecule has 2 aromatic heterocycles. The standard InChI is InChI=1S/C18H18ClN5O3/c1-3-24-14-5-4-12(23-17-13(19)8-21-10-22-17)6-11(14)7-15(18(24)26)27-9-16(25)20-2/h4-8,10H,3,9H2,1-2H3,(H,20,25)(H,21,22,23). The molecule has 0 aliphatic heterocycles. The lowest BCUT2D eigenvalue weighted by atomic mass is 10.1. The van der Waals surface area contributed by atoms with Crippen molar-refractivity contribution in [2.24, 2.45) is 0 Å². The summed E-state index contributed by atoms with van der Waals surface area (Å²) in [6.45, 7) is 2.11. The Balaban J connectivity index is 2.01. The second kappa shape index (κ2) is 8.05. The SMILES string of the molecule is CCn1c(=O)c(OCC(=O)NC)cc2cc(Nc3ncncc3Cl)ccc21. The number of carbonyl (C=O) groups excluding carboxylic acids is 1. The highest BCUT2D eigenvalue weighted by atomic mass is 35.5. The van der Waals surface area contributed by atoms with Crippen LogP contribution < -0.4 is 20.9 Å². The first-order chi connectivity index (χ1) is 13.0. The second-order valence-electron chi connectivity index (χ2n) is 5.64. The summed E-state index contributed by atoms with van der Waals surface area (Å²) >= 11 is 6.08. The molecule has 0 saturated carbocycles. The van der Waals surface area contributed by atoms with Crippen LogP contribution in [0.3, 0.4) is 0 Å². The zero-order valence-corrected chi connectivity index (χ0v) is 15.6. The zero-order chi connectivity index (χ0) is 19.4. The van der Waals surface area contributed by atoms with E-state index >= 15 is 0 Å². The third-order valence-corrected chi connectivity index (χ3v) is 4.22. The Morgan fingerprint density at radius 1 is 1.33 bits per heavy atom. The smallest absolute Gasteiger partial charge is 0.293 e. The van der Waals surface area contributed by atoms with Gasteiger partial charge in [0.2, 0.25) is 0 Å². The molecule has 1 aromatic carbocycles.